The second-order valence-electron chi connectivity index (χ2n) is 16.4. The maximum atomic E-state index is 14.6. The van der Waals surface area contributed by atoms with E-state index in [1.165, 1.54) is 21.1 Å². The number of carboxylic acids is 1. The third kappa shape index (κ3) is 12.5. The van der Waals surface area contributed by atoms with Crippen molar-refractivity contribution in [3.8, 4) is 33.8 Å². The first kappa shape index (κ1) is 47.5. The van der Waals surface area contributed by atoms with Crippen molar-refractivity contribution >= 4 is 41.4 Å². The van der Waals surface area contributed by atoms with Crippen LogP contribution in [0.4, 0.5) is 4.79 Å². The van der Waals surface area contributed by atoms with Gasteiger partial charge in [0.2, 0.25) is 11.8 Å². The normalized spacial score (nSPS) is 16.9. The molecular weight excluding hydrogens is 826 g/mol. The quantitative estimate of drug-likeness (QED) is 0.0806. The number of carbonyl (C=O) groups is 5. The lowest BCUT2D eigenvalue weighted by Crippen LogP contribution is -2.53. The average molecular weight is 882 g/mol. The number of aliphatic carboxylic acids is 1. The number of amides is 4. The molecule has 5 rings (SSSR count). The number of methoxy groups -OCH3 is 2. The number of nitrogens with one attached hydrogen (secondary N) is 4. The molecule has 334 valence electrons. The van der Waals surface area contributed by atoms with Gasteiger partial charge in [-0.15, -0.1) is 0 Å². The smallest absolute Gasteiger partial charge is 0.407 e. The fourth-order valence-corrected chi connectivity index (χ4v) is 7.38. The van der Waals surface area contributed by atoms with E-state index in [4.69, 9.17) is 25.8 Å². The van der Waals surface area contributed by atoms with Crippen LogP contribution in [0.1, 0.15) is 74.5 Å². The average Bonchev–Trinajstić information content (AvgIpc) is 3.24. The number of unbranched alkanes of at least 4 members (excludes halogenated alkanes) is 1. The molecule has 14 nitrogen and oxygen atoms in total. The monoisotopic (exact) mass is 881 g/mol. The Morgan fingerprint density at radius 3 is 2.08 bits per heavy atom. The third-order valence-corrected chi connectivity index (χ3v) is 10.9. The van der Waals surface area contributed by atoms with E-state index in [0.29, 0.717) is 75.8 Å². The van der Waals surface area contributed by atoms with Crippen LogP contribution in [-0.4, -0.2) is 91.3 Å². The van der Waals surface area contributed by atoms with E-state index >= 15 is 0 Å². The summed E-state index contributed by atoms with van der Waals surface area (Å²) in [5.74, 6) is -1.97. The van der Waals surface area contributed by atoms with Gasteiger partial charge in [-0.25, -0.2) is 9.59 Å². The molecule has 0 aromatic heterocycles. The molecule has 4 bridgehead atoms. The molecule has 0 fully saturated rings. The van der Waals surface area contributed by atoms with Gasteiger partial charge < -0.3 is 45.5 Å². The van der Waals surface area contributed by atoms with Gasteiger partial charge in [-0.05, 0) is 118 Å². The van der Waals surface area contributed by atoms with E-state index in [9.17, 15) is 29.1 Å². The molecule has 4 aromatic rings. The first-order chi connectivity index (χ1) is 29.9. The summed E-state index contributed by atoms with van der Waals surface area (Å²) in [5.41, 5.74) is 4.19. The molecule has 0 saturated heterocycles. The van der Waals surface area contributed by atoms with Crippen molar-refractivity contribution in [2.75, 3.05) is 27.8 Å². The van der Waals surface area contributed by atoms with Gasteiger partial charge in [0.15, 0.2) is 0 Å². The van der Waals surface area contributed by atoms with E-state index in [0.717, 1.165) is 11.1 Å². The van der Waals surface area contributed by atoms with Crippen LogP contribution in [0.2, 0.25) is 5.02 Å². The highest BCUT2D eigenvalue weighted by molar-refractivity contribution is 6.30. The first-order valence-corrected chi connectivity index (χ1v) is 21.0. The van der Waals surface area contributed by atoms with Crippen molar-refractivity contribution in [3.63, 3.8) is 0 Å². The first-order valence-electron chi connectivity index (χ1n) is 20.6. The van der Waals surface area contributed by atoms with Crippen LogP contribution in [0, 0.1) is 0 Å². The molecule has 63 heavy (non-hydrogen) atoms. The summed E-state index contributed by atoms with van der Waals surface area (Å²) in [5, 5.41) is 21.9. The Morgan fingerprint density at radius 2 is 1.48 bits per heavy atom. The van der Waals surface area contributed by atoms with Crippen molar-refractivity contribution in [3.05, 3.63) is 119 Å². The number of fused-ring (bicyclic) bond motifs is 5. The number of benzene rings is 4. The number of hydrogen-bond donors (Lipinski definition) is 5. The van der Waals surface area contributed by atoms with Crippen molar-refractivity contribution in [1.29, 1.82) is 0 Å². The largest absolute Gasteiger partial charge is 0.496 e. The van der Waals surface area contributed by atoms with Gasteiger partial charge in [0.25, 0.3) is 5.91 Å². The van der Waals surface area contributed by atoms with E-state index in [1.54, 1.807) is 93.4 Å². The molecule has 0 radical (unpaired) electrons. The Bertz CT molecular complexity index is 2310. The Hall–Kier alpha value is -6.54. The summed E-state index contributed by atoms with van der Waals surface area (Å²) in [6, 6.07) is 20.7. The highest BCUT2D eigenvalue weighted by Gasteiger charge is 2.34. The number of nitrogens with zero attached hydrogens (tertiary/aromatic N) is 1. The summed E-state index contributed by atoms with van der Waals surface area (Å²) < 4.78 is 16.9. The predicted molar refractivity (Wildman–Crippen MR) is 242 cm³/mol. The van der Waals surface area contributed by atoms with Gasteiger partial charge in [0, 0.05) is 47.4 Å². The Balaban J connectivity index is 1.51. The van der Waals surface area contributed by atoms with Gasteiger partial charge in [-0.3, -0.25) is 14.4 Å². The maximum absolute atomic E-state index is 14.6. The SMILES string of the molecule is C=C([C@H](CCCCNC(=O)OC(C)(C)C)NC(=O)c1ccc(-c2ccc(Cl)cc2)cc1)N(C)[C@@H]1C(=O)N[C@@H](C)C(=O)N[C@H](C(=O)O)Cc2ccc(OC)c(c2)-c2cc1ccc2OC. The second kappa shape index (κ2) is 21.0. The lowest BCUT2D eigenvalue weighted by Gasteiger charge is -2.36. The number of ether oxygens (including phenoxy) is 3. The van der Waals surface area contributed by atoms with Crippen LogP contribution in [0.15, 0.2) is 97.2 Å². The molecule has 0 unspecified atom stereocenters. The van der Waals surface area contributed by atoms with E-state index in [1.807, 2.05) is 24.3 Å². The number of carbonyl (C=O) groups excluding carboxylic acids is 4. The van der Waals surface area contributed by atoms with Crippen LogP contribution in [-0.2, 0) is 25.5 Å². The molecule has 1 aliphatic heterocycles. The second-order valence-corrected chi connectivity index (χ2v) is 16.8. The van der Waals surface area contributed by atoms with Gasteiger partial charge in [0.1, 0.15) is 35.2 Å². The minimum Gasteiger partial charge on any atom is -0.496 e. The molecule has 0 spiro atoms. The number of halogens is 1. The van der Waals surface area contributed by atoms with Crippen molar-refractivity contribution < 1.29 is 43.3 Å². The summed E-state index contributed by atoms with van der Waals surface area (Å²) in [6.07, 6.45) is 0.862. The number of carboxylic acid groups (broad SMARTS) is 1. The fourth-order valence-electron chi connectivity index (χ4n) is 7.25. The van der Waals surface area contributed by atoms with Crippen LogP contribution in [0.5, 0.6) is 11.5 Å². The van der Waals surface area contributed by atoms with E-state index in [2.05, 4.69) is 27.8 Å². The Labute approximate surface area is 373 Å². The lowest BCUT2D eigenvalue weighted by molar-refractivity contribution is -0.142. The molecule has 4 amide bonds. The summed E-state index contributed by atoms with van der Waals surface area (Å²) in [6.45, 7) is 11.6. The van der Waals surface area contributed by atoms with Crippen molar-refractivity contribution in [2.24, 2.45) is 0 Å². The van der Waals surface area contributed by atoms with Crippen molar-refractivity contribution in [1.82, 2.24) is 26.2 Å². The topological polar surface area (TPSA) is 185 Å². The van der Waals surface area contributed by atoms with Crippen molar-refractivity contribution in [2.45, 2.75) is 83.1 Å². The zero-order chi connectivity index (χ0) is 46.0. The summed E-state index contributed by atoms with van der Waals surface area (Å²) in [4.78, 5) is 68.4. The lowest BCUT2D eigenvalue weighted by atomic mass is 9.93. The van der Waals surface area contributed by atoms with Gasteiger partial charge in [-0.2, -0.15) is 0 Å². The van der Waals surface area contributed by atoms with Crippen LogP contribution >= 0.6 is 11.6 Å². The van der Waals surface area contributed by atoms with Crippen LogP contribution in [0.3, 0.4) is 0 Å². The van der Waals surface area contributed by atoms with E-state index < -0.39 is 53.6 Å². The number of alkyl carbamates (subject to hydrolysis) is 1. The van der Waals surface area contributed by atoms with E-state index in [-0.39, 0.29) is 12.3 Å². The van der Waals surface area contributed by atoms with Gasteiger partial charge in [0.05, 0.1) is 20.3 Å². The summed E-state index contributed by atoms with van der Waals surface area (Å²) in [7, 11) is 4.71. The number of hydrogen-bond acceptors (Lipinski definition) is 9. The molecule has 4 atom stereocenters. The van der Waals surface area contributed by atoms with Crippen LogP contribution < -0.4 is 30.7 Å². The zero-order valence-electron chi connectivity index (χ0n) is 36.7. The highest BCUT2D eigenvalue weighted by atomic mass is 35.5. The molecule has 4 aromatic carbocycles. The zero-order valence-corrected chi connectivity index (χ0v) is 37.4. The molecule has 5 N–H and O–H groups in total. The minimum atomic E-state index is -1.30. The minimum absolute atomic E-state index is 0.0391. The maximum Gasteiger partial charge on any atom is 0.407 e. The molecule has 1 heterocycles. The van der Waals surface area contributed by atoms with Gasteiger partial charge >= 0.3 is 12.1 Å². The number of rotatable bonds is 14. The molecule has 15 heteroatoms. The molecule has 0 saturated carbocycles. The predicted octanol–water partition coefficient (Wildman–Crippen LogP) is 7.30. The fraction of sp³-hybridized carbons (Fsp3) is 0.354. The molecule has 0 aliphatic carbocycles. The standard InChI is InChI=1S/C48H56ClN5O9/c1-28-43(55)53-39(46(58)59)26-30-12-22-40(61-7)36(25-30)37-27-34(19-23-41(37)62-8)42(45(57)51-28)54(6)29(2)38(11-9-10-24-50-47(60)63-48(3,4)5)52-44(56)33-15-13-31(14-16-33)32-17-20-35(49)21-18-32/h12-23,25,27-28,38-39,42H,2,9-11,24,26H2,1,3-8H3,(H,50,60)(H,51,57)(H,52,56)(H,53,55)(H,58,59)/t28-,38-,39-,42-/m0/s1. The third-order valence-electron chi connectivity index (χ3n) is 10.6. The molecular formula is C48H56ClN5O9. The molecule has 1 aliphatic rings. The summed E-state index contributed by atoms with van der Waals surface area (Å²) >= 11 is 6.09. The Morgan fingerprint density at radius 1 is 0.873 bits per heavy atom. The van der Waals surface area contributed by atoms with Crippen LogP contribution in [0.25, 0.3) is 22.3 Å². The highest BCUT2D eigenvalue weighted by Crippen LogP contribution is 2.40. The Kier molecular flexibility index (Phi) is 15.9. The van der Waals surface area contributed by atoms with Gasteiger partial charge in [-0.1, -0.05) is 54.6 Å². The number of likely N-dealkylation sites (N-methyl/N-ethyl adjacent to an activating group) is 1.